The molecule has 0 radical (unpaired) electrons. The number of ketones is 1. The van der Waals surface area contributed by atoms with Gasteiger partial charge in [-0.05, 0) is 23.5 Å². The zero-order chi connectivity index (χ0) is 23.9. The van der Waals surface area contributed by atoms with Crippen molar-refractivity contribution in [3.8, 4) is 5.75 Å². The van der Waals surface area contributed by atoms with Gasteiger partial charge in [0, 0.05) is 29.0 Å². The molecule has 1 aromatic heterocycles. The van der Waals surface area contributed by atoms with Crippen molar-refractivity contribution in [1.29, 1.82) is 0 Å². The van der Waals surface area contributed by atoms with Gasteiger partial charge in [-0.2, -0.15) is 0 Å². The highest BCUT2D eigenvalue weighted by Gasteiger charge is 2.43. The Morgan fingerprint density at radius 3 is 2.56 bits per heavy atom. The van der Waals surface area contributed by atoms with E-state index in [4.69, 9.17) is 9.72 Å². The average molecular weight is 474 g/mol. The van der Waals surface area contributed by atoms with Crippen molar-refractivity contribution in [3.63, 3.8) is 0 Å². The number of fused-ring (bicyclic) bond motifs is 1. The summed E-state index contributed by atoms with van der Waals surface area (Å²) >= 11 is 1.48. The lowest BCUT2D eigenvalue weighted by molar-refractivity contribution is -0.118. The standard InChI is InChI=1S/C27H27N3O3S/c1-27(2)13-18-22(19(31)14-27)21(17-11-7-8-12-20(17)33-3)23-24(28-18)29-26(30-25(23)32)34-15-16-9-5-4-6-10-16/h4-12,21H,13-15H2,1-3H3,(H2,28,29,30,32)/t21-/m0/s1. The molecule has 0 saturated heterocycles. The molecule has 0 unspecified atom stereocenters. The van der Waals surface area contributed by atoms with Crippen molar-refractivity contribution in [3.05, 3.63) is 92.9 Å². The maximum absolute atomic E-state index is 13.5. The molecule has 1 aliphatic carbocycles. The first-order valence-electron chi connectivity index (χ1n) is 11.3. The summed E-state index contributed by atoms with van der Waals surface area (Å²) in [6.45, 7) is 4.19. The predicted molar refractivity (Wildman–Crippen MR) is 134 cm³/mol. The van der Waals surface area contributed by atoms with Crippen LogP contribution in [0.3, 0.4) is 0 Å². The number of thioether (sulfide) groups is 1. The third-order valence-electron chi connectivity index (χ3n) is 6.37. The third kappa shape index (κ3) is 4.16. The van der Waals surface area contributed by atoms with Crippen LogP contribution < -0.4 is 15.6 Å². The highest BCUT2D eigenvalue weighted by atomic mass is 32.2. The van der Waals surface area contributed by atoms with E-state index in [1.54, 1.807) is 7.11 Å². The van der Waals surface area contributed by atoms with Gasteiger partial charge in [0.2, 0.25) is 0 Å². The van der Waals surface area contributed by atoms with E-state index < -0.39 is 5.92 Å². The number of para-hydroxylation sites is 1. The summed E-state index contributed by atoms with van der Waals surface area (Å²) in [5.74, 6) is 1.38. The van der Waals surface area contributed by atoms with Crippen LogP contribution >= 0.6 is 11.8 Å². The maximum atomic E-state index is 13.5. The van der Waals surface area contributed by atoms with Crippen LogP contribution in [-0.2, 0) is 10.5 Å². The fourth-order valence-electron chi connectivity index (χ4n) is 4.90. The molecule has 0 bridgehead atoms. The number of nitrogens with one attached hydrogen (secondary N) is 2. The highest BCUT2D eigenvalue weighted by Crippen LogP contribution is 2.49. The van der Waals surface area contributed by atoms with Gasteiger partial charge in [0.15, 0.2) is 10.9 Å². The highest BCUT2D eigenvalue weighted by molar-refractivity contribution is 7.98. The van der Waals surface area contributed by atoms with E-state index in [1.165, 1.54) is 11.8 Å². The quantitative estimate of drug-likeness (QED) is 0.388. The summed E-state index contributed by atoms with van der Waals surface area (Å²) in [5, 5.41) is 3.92. The number of aromatic nitrogens is 2. The molecule has 2 aromatic carbocycles. The zero-order valence-electron chi connectivity index (χ0n) is 19.5. The van der Waals surface area contributed by atoms with Crippen LogP contribution in [-0.4, -0.2) is 22.9 Å². The van der Waals surface area contributed by atoms with Gasteiger partial charge in [-0.25, -0.2) is 4.98 Å². The van der Waals surface area contributed by atoms with Crippen molar-refractivity contribution >= 4 is 23.4 Å². The monoisotopic (exact) mass is 473 g/mol. The second kappa shape index (κ2) is 8.80. The number of rotatable bonds is 5. The number of methoxy groups -OCH3 is 1. The number of nitrogens with zero attached hydrogens (tertiary/aromatic N) is 1. The molecule has 5 rings (SSSR count). The number of hydrogen-bond acceptors (Lipinski definition) is 6. The van der Waals surface area contributed by atoms with Gasteiger partial charge in [0.1, 0.15) is 11.6 Å². The number of carbonyl (C=O) groups is 1. The molecule has 2 N–H and O–H groups in total. The summed E-state index contributed by atoms with van der Waals surface area (Å²) in [6, 6.07) is 17.6. The molecule has 1 aliphatic heterocycles. The van der Waals surface area contributed by atoms with Crippen molar-refractivity contribution < 1.29 is 9.53 Å². The van der Waals surface area contributed by atoms with Gasteiger partial charge in [-0.15, -0.1) is 0 Å². The van der Waals surface area contributed by atoms with Gasteiger partial charge in [0.05, 0.1) is 18.6 Å². The maximum Gasteiger partial charge on any atom is 0.257 e. The number of Topliss-reactive ketones (excluding diaryl/α,β-unsaturated/α-hetero) is 1. The SMILES string of the molecule is COc1ccccc1[C@H]1C2=C(CC(C)(C)CC2=O)Nc2nc(SCc3ccccc3)[nH]c(=O)c21. The van der Waals surface area contributed by atoms with Crippen LogP contribution in [0.4, 0.5) is 5.82 Å². The molecule has 0 amide bonds. The molecular weight excluding hydrogens is 446 g/mol. The van der Waals surface area contributed by atoms with E-state index in [0.29, 0.717) is 46.5 Å². The number of anilines is 1. The fraction of sp³-hybridized carbons (Fsp3) is 0.296. The van der Waals surface area contributed by atoms with Crippen molar-refractivity contribution in [2.75, 3.05) is 12.4 Å². The first kappa shape index (κ1) is 22.5. The molecular formula is C27H27N3O3S. The number of ether oxygens (including phenoxy) is 1. The third-order valence-corrected chi connectivity index (χ3v) is 7.31. The van der Waals surface area contributed by atoms with Gasteiger partial charge >= 0.3 is 0 Å². The Labute approximate surface area is 202 Å². The number of allylic oxidation sites excluding steroid dienone is 2. The van der Waals surface area contributed by atoms with Crippen LogP contribution in [0.1, 0.15) is 49.3 Å². The first-order valence-corrected chi connectivity index (χ1v) is 12.3. The molecule has 3 aromatic rings. The van der Waals surface area contributed by atoms with Gasteiger partial charge in [-0.1, -0.05) is 74.1 Å². The smallest absolute Gasteiger partial charge is 0.257 e. The normalized spacial score (nSPS) is 18.7. The summed E-state index contributed by atoms with van der Waals surface area (Å²) in [6.07, 6.45) is 1.14. The minimum absolute atomic E-state index is 0.0576. The number of aromatic amines is 1. The zero-order valence-corrected chi connectivity index (χ0v) is 20.3. The van der Waals surface area contributed by atoms with Crippen LogP contribution in [0.25, 0.3) is 0 Å². The Kier molecular flexibility index (Phi) is 5.81. The van der Waals surface area contributed by atoms with Gasteiger partial charge < -0.3 is 15.0 Å². The lowest BCUT2D eigenvalue weighted by Gasteiger charge is -2.38. The fourth-order valence-corrected chi connectivity index (χ4v) is 5.72. The second-order valence-electron chi connectivity index (χ2n) is 9.54. The summed E-state index contributed by atoms with van der Waals surface area (Å²) in [7, 11) is 1.60. The molecule has 0 fully saturated rings. The van der Waals surface area contributed by atoms with E-state index in [9.17, 15) is 9.59 Å². The topological polar surface area (TPSA) is 84.1 Å². The number of hydrogen-bond donors (Lipinski definition) is 2. The Balaban J connectivity index is 1.62. The summed E-state index contributed by atoms with van der Waals surface area (Å²) < 4.78 is 5.63. The number of carbonyl (C=O) groups excluding carboxylic acids is 1. The lowest BCUT2D eigenvalue weighted by Crippen LogP contribution is -2.37. The summed E-state index contributed by atoms with van der Waals surface area (Å²) in [5.41, 5.74) is 3.49. The molecule has 6 nitrogen and oxygen atoms in total. The molecule has 7 heteroatoms. The molecule has 0 saturated carbocycles. The number of H-pyrrole nitrogens is 1. The largest absolute Gasteiger partial charge is 0.496 e. The van der Waals surface area contributed by atoms with E-state index in [-0.39, 0.29) is 16.8 Å². The molecule has 0 spiro atoms. The Morgan fingerprint density at radius 1 is 1.06 bits per heavy atom. The Morgan fingerprint density at radius 2 is 1.79 bits per heavy atom. The van der Waals surface area contributed by atoms with E-state index in [2.05, 4.69) is 24.1 Å². The van der Waals surface area contributed by atoms with Gasteiger partial charge in [0.25, 0.3) is 5.56 Å². The van der Waals surface area contributed by atoms with E-state index in [0.717, 1.165) is 16.8 Å². The average Bonchev–Trinajstić information content (AvgIpc) is 2.81. The lowest BCUT2D eigenvalue weighted by atomic mass is 9.69. The molecule has 2 aliphatic rings. The molecule has 2 heterocycles. The Bertz CT molecular complexity index is 1340. The van der Waals surface area contributed by atoms with Crippen molar-refractivity contribution in [2.45, 2.75) is 43.5 Å². The van der Waals surface area contributed by atoms with E-state index >= 15 is 0 Å². The first-order chi connectivity index (χ1) is 16.4. The van der Waals surface area contributed by atoms with Crippen LogP contribution in [0.2, 0.25) is 0 Å². The molecule has 1 atom stereocenters. The van der Waals surface area contributed by atoms with Crippen molar-refractivity contribution in [1.82, 2.24) is 9.97 Å². The minimum Gasteiger partial charge on any atom is -0.496 e. The van der Waals surface area contributed by atoms with Crippen LogP contribution in [0, 0.1) is 5.41 Å². The predicted octanol–water partition coefficient (Wildman–Crippen LogP) is 5.27. The van der Waals surface area contributed by atoms with Crippen LogP contribution in [0.5, 0.6) is 5.75 Å². The number of benzene rings is 2. The molecule has 34 heavy (non-hydrogen) atoms. The second-order valence-corrected chi connectivity index (χ2v) is 10.5. The van der Waals surface area contributed by atoms with Crippen molar-refractivity contribution in [2.24, 2.45) is 5.41 Å². The molecule has 174 valence electrons. The van der Waals surface area contributed by atoms with E-state index in [1.807, 2.05) is 54.6 Å². The minimum atomic E-state index is -0.532. The van der Waals surface area contributed by atoms with Gasteiger partial charge in [-0.3, -0.25) is 9.59 Å². The Hall–Kier alpha value is -3.32. The van der Waals surface area contributed by atoms with Crippen LogP contribution in [0.15, 0.2) is 75.8 Å². The summed E-state index contributed by atoms with van der Waals surface area (Å²) in [4.78, 5) is 34.6.